The van der Waals surface area contributed by atoms with E-state index < -0.39 is 18.5 Å². The van der Waals surface area contributed by atoms with Crippen molar-refractivity contribution >= 4 is 18.5 Å². The molecule has 16 heavy (non-hydrogen) atoms. The van der Waals surface area contributed by atoms with Crippen LogP contribution in [0.25, 0.3) is 0 Å². The van der Waals surface area contributed by atoms with Crippen LogP contribution in [0.3, 0.4) is 0 Å². The van der Waals surface area contributed by atoms with Gasteiger partial charge in [0.25, 0.3) is 0 Å². The molecule has 0 aromatic rings. The van der Waals surface area contributed by atoms with E-state index in [2.05, 4.69) is 0 Å². The third kappa shape index (κ3) is 7500000. The molecule has 0 atom stereocenters. The second kappa shape index (κ2) is 36.3. The van der Waals surface area contributed by atoms with Crippen molar-refractivity contribution in [1.82, 2.24) is 0 Å². The first-order valence-corrected chi connectivity index (χ1v) is 1.84. The van der Waals surface area contributed by atoms with Crippen molar-refractivity contribution < 1.29 is 116 Å². The fraction of sp³-hybridized carbons (Fsp3) is 0. The van der Waals surface area contributed by atoms with E-state index in [4.69, 9.17) is 45.0 Å². The van der Waals surface area contributed by atoms with E-state index in [0.717, 1.165) is 0 Å². The van der Waals surface area contributed by atoms with Crippen LogP contribution in [0.15, 0.2) is 0 Å². The molecule has 0 aliphatic carbocycles. The fourth-order valence-corrected chi connectivity index (χ4v) is 0. The molecular formula is C3Li2MnNiO9. The number of carboxylic acid groups (broad SMARTS) is 6. The number of hydrogen-bond acceptors (Lipinski definition) is 9. The number of carbonyl (C=O) groups is 3. The fourth-order valence-electron chi connectivity index (χ4n) is 0. The van der Waals surface area contributed by atoms with Crippen LogP contribution in [0.1, 0.15) is 0 Å². The Hall–Kier alpha value is 0.0178. The molecule has 0 heterocycles. The van der Waals surface area contributed by atoms with Gasteiger partial charge in [-0.05, 0) is 18.5 Å². The number of carbonyl (C=O) groups excluding carboxylic acids is 3. The molecule has 0 unspecified atom stereocenters. The van der Waals surface area contributed by atoms with Crippen molar-refractivity contribution in [3.05, 3.63) is 0 Å². The van der Waals surface area contributed by atoms with Gasteiger partial charge in [-0.1, -0.05) is 0 Å². The van der Waals surface area contributed by atoms with Crippen molar-refractivity contribution in [2.75, 3.05) is 0 Å². The Morgan fingerprint density at radius 1 is 0.562 bits per heavy atom. The molecule has 1 radical (unpaired) electrons. The summed E-state index contributed by atoms with van der Waals surface area (Å²) in [6.07, 6.45) is -7.00. The molecule has 9 nitrogen and oxygen atoms in total. The molecule has 85 valence electrons. The summed E-state index contributed by atoms with van der Waals surface area (Å²) in [5, 5.41) is 50.0. The van der Waals surface area contributed by atoms with E-state index in [1.807, 2.05) is 0 Å². The van der Waals surface area contributed by atoms with Crippen molar-refractivity contribution in [1.29, 1.82) is 0 Å². The van der Waals surface area contributed by atoms with E-state index in [1.165, 1.54) is 0 Å². The summed E-state index contributed by atoms with van der Waals surface area (Å²) < 4.78 is 0. The Balaban J connectivity index is -0.0000000135. The Kier molecular flexibility index (Phi) is 101. The van der Waals surface area contributed by atoms with Gasteiger partial charge in [-0.15, -0.1) is 0 Å². The van der Waals surface area contributed by atoms with Gasteiger partial charge in [-0.25, -0.2) is 0 Å². The van der Waals surface area contributed by atoms with E-state index in [0.29, 0.717) is 0 Å². The maximum Gasteiger partial charge on any atom is 2.00 e. The maximum absolute atomic E-state index is 8.33. The average molecular weight is 308 g/mol. The van der Waals surface area contributed by atoms with Gasteiger partial charge in [0.15, 0.2) is 0 Å². The third-order valence-electron chi connectivity index (χ3n) is 0. The van der Waals surface area contributed by atoms with Crippen molar-refractivity contribution in [3.8, 4) is 0 Å². The van der Waals surface area contributed by atoms with Gasteiger partial charge in [0, 0.05) is 0 Å². The summed E-state index contributed by atoms with van der Waals surface area (Å²) in [4.78, 5) is 25.0. The Bertz CT molecular complexity index is 126. The van der Waals surface area contributed by atoms with E-state index in [1.54, 1.807) is 0 Å². The van der Waals surface area contributed by atoms with Crippen molar-refractivity contribution in [3.63, 3.8) is 0 Å². The quantitative estimate of drug-likeness (QED) is 0.391. The predicted octanol–water partition coefficient (Wildman–Crippen LogP) is -13.3. The van der Waals surface area contributed by atoms with Crippen LogP contribution in [0, 0.1) is 0 Å². The first-order valence-electron chi connectivity index (χ1n) is 1.84. The molecular weight excluding hydrogens is 308 g/mol. The normalized spacial score (nSPS) is 4.50. The predicted molar refractivity (Wildman–Crippen MR) is 16.2 cm³/mol. The van der Waals surface area contributed by atoms with Gasteiger partial charge in [0.2, 0.25) is 0 Å². The van der Waals surface area contributed by atoms with E-state index >= 15 is 0 Å². The Labute approximate surface area is 134 Å². The van der Waals surface area contributed by atoms with Crippen LogP contribution in [-0.2, 0) is 33.6 Å². The third-order valence-corrected chi connectivity index (χ3v) is 0. The van der Waals surface area contributed by atoms with Crippen molar-refractivity contribution in [2.45, 2.75) is 0 Å². The largest absolute Gasteiger partial charge is 2.00 e. The summed E-state index contributed by atoms with van der Waals surface area (Å²) in [7, 11) is 0. The molecule has 0 rings (SSSR count). The Morgan fingerprint density at radius 2 is 0.562 bits per heavy atom. The van der Waals surface area contributed by atoms with Crippen LogP contribution >= 0.6 is 0 Å². The van der Waals surface area contributed by atoms with Crippen LogP contribution in [0.5, 0.6) is 0 Å². The molecule has 0 saturated heterocycles. The molecule has 0 amide bonds. The first kappa shape index (κ1) is 44.4. The monoisotopic (exact) mass is 307 g/mol. The minimum absolute atomic E-state index is 0. The van der Waals surface area contributed by atoms with Crippen LogP contribution in [0.4, 0.5) is 14.4 Å². The van der Waals surface area contributed by atoms with Crippen molar-refractivity contribution in [2.24, 2.45) is 0 Å². The molecule has 0 N–H and O–H groups in total. The van der Waals surface area contributed by atoms with E-state index in [-0.39, 0.29) is 71.3 Å². The maximum atomic E-state index is 8.33. The second-order valence-electron chi connectivity index (χ2n) is 0.750. The summed E-state index contributed by atoms with van der Waals surface area (Å²) in [5.74, 6) is 0. The molecule has 0 spiro atoms. The topological polar surface area (TPSA) is 190 Å². The molecule has 0 aromatic heterocycles. The zero-order chi connectivity index (χ0) is 10.7. The zero-order valence-electron chi connectivity index (χ0n) is 7.87. The van der Waals surface area contributed by atoms with Gasteiger partial charge >= 0.3 is 71.3 Å². The minimum atomic E-state index is -2.33. The number of hydrogen-bond donors (Lipinski definition) is 0. The summed E-state index contributed by atoms with van der Waals surface area (Å²) in [6.45, 7) is 0. The van der Waals surface area contributed by atoms with Gasteiger partial charge < -0.3 is 45.0 Å². The standard InChI is InChI=1S/3CH2O3.2Li.Mn.Ni/c3*2-1(3)4;;;;/h3*(H2,2,3,4);;;;/q;;;2*+1;2*+2/p-6. The van der Waals surface area contributed by atoms with E-state index in [9.17, 15) is 0 Å². The van der Waals surface area contributed by atoms with Crippen LogP contribution in [-0.4, -0.2) is 18.5 Å². The summed E-state index contributed by atoms with van der Waals surface area (Å²) in [5.41, 5.74) is 0. The average Bonchev–Trinajstić information content (AvgIpc) is 1.54. The SMILES string of the molecule is O=C([O-])[O-].O=C([O-])[O-].O=C([O-])[O-].[Li+].[Li+].[Mn+2].[Ni+2]. The summed E-state index contributed by atoms with van der Waals surface area (Å²) in [6, 6.07) is 0. The minimum Gasteiger partial charge on any atom is -0.652 e. The zero-order valence-corrected chi connectivity index (χ0v) is 10.0. The van der Waals surface area contributed by atoms with Gasteiger partial charge in [0.05, 0.1) is 0 Å². The molecule has 0 bridgehead atoms. The molecule has 0 aliphatic heterocycles. The first-order chi connectivity index (χ1) is 5.20. The van der Waals surface area contributed by atoms with Gasteiger partial charge in [0.1, 0.15) is 0 Å². The second-order valence-corrected chi connectivity index (χ2v) is 0.750. The smallest absolute Gasteiger partial charge is 0.652 e. The molecule has 0 fully saturated rings. The molecule has 0 aliphatic rings. The van der Waals surface area contributed by atoms with Crippen LogP contribution < -0.4 is 68.4 Å². The molecule has 0 saturated carbocycles. The Morgan fingerprint density at radius 3 is 0.562 bits per heavy atom. The summed E-state index contributed by atoms with van der Waals surface area (Å²) >= 11 is 0. The van der Waals surface area contributed by atoms with Gasteiger partial charge in [-0.3, -0.25) is 0 Å². The van der Waals surface area contributed by atoms with Gasteiger partial charge in [-0.2, -0.15) is 0 Å². The molecule has 13 heteroatoms. The molecule has 0 aromatic carbocycles. The van der Waals surface area contributed by atoms with Crippen LogP contribution in [0.2, 0.25) is 0 Å². The number of rotatable bonds is 0.